The molecule has 1 amide bonds. The minimum atomic E-state index is -0.268. The summed E-state index contributed by atoms with van der Waals surface area (Å²) in [5, 5.41) is -0.268. The molecule has 27 heavy (non-hydrogen) atoms. The molecule has 0 aliphatic carbocycles. The van der Waals surface area contributed by atoms with E-state index in [1.54, 1.807) is 4.90 Å². The minimum absolute atomic E-state index is 0.0177. The lowest BCUT2D eigenvalue weighted by Gasteiger charge is -2.27. The first-order valence-corrected chi connectivity index (χ1v) is 10.3. The number of amides is 1. The fraction of sp³-hybridized carbons (Fsp3) is 0.182. The number of carbonyl (C=O) groups excluding carboxylic acids is 1. The van der Waals surface area contributed by atoms with E-state index in [2.05, 4.69) is 35.4 Å². The molecule has 1 unspecified atom stereocenters. The van der Waals surface area contributed by atoms with E-state index in [1.165, 1.54) is 23.0 Å². The van der Waals surface area contributed by atoms with Crippen LogP contribution in [0.25, 0.3) is 0 Å². The van der Waals surface area contributed by atoms with Crippen LogP contribution in [0, 0.1) is 0 Å². The zero-order valence-electron chi connectivity index (χ0n) is 14.8. The number of hydrogen-bond donors (Lipinski definition) is 0. The molecular weight excluding hydrogens is 372 g/mol. The topological polar surface area (TPSA) is 23.6 Å². The molecule has 1 atom stereocenters. The van der Waals surface area contributed by atoms with Gasteiger partial charge in [0.05, 0.1) is 5.69 Å². The summed E-state index contributed by atoms with van der Waals surface area (Å²) in [5.41, 5.74) is 3.50. The Hall–Kier alpha value is -2.37. The molecule has 136 valence electrons. The van der Waals surface area contributed by atoms with Gasteiger partial charge in [0.15, 0.2) is 0 Å². The van der Waals surface area contributed by atoms with Crippen molar-refractivity contribution in [3.8, 4) is 0 Å². The summed E-state index contributed by atoms with van der Waals surface area (Å²) < 4.78 is 0.606. The van der Waals surface area contributed by atoms with Gasteiger partial charge in [-0.25, -0.2) is 0 Å². The van der Waals surface area contributed by atoms with Gasteiger partial charge < -0.3 is 4.90 Å². The van der Waals surface area contributed by atoms with E-state index >= 15 is 0 Å². The Morgan fingerprint density at radius 2 is 1.81 bits per heavy atom. The third-order valence-electron chi connectivity index (χ3n) is 4.70. The molecule has 2 heterocycles. The van der Waals surface area contributed by atoms with E-state index in [4.69, 9.17) is 12.2 Å². The van der Waals surface area contributed by atoms with E-state index in [9.17, 15) is 4.79 Å². The predicted molar refractivity (Wildman–Crippen MR) is 118 cm³/mol. The molecule has 3 nitrogen and oxygen atoms in total. The van der Waals surface area contributed by atoms with Crippen LogP contribution in [0.4, 0.5) is 11.4 Å². The lowest BCUT2D eigenvalue weighted by atomic mass is 10.0. The van der Waals surface area contributed by atoms with Crippen LogP contribution in [0.1, 0.15) is 12.0 Å². The Balaban J connectivity index is 1.43. The zero-order chi connectivity index (χ0) is 18.6. The number of nitrogens with zero attached hydrogens (tertiary/aromatic N) is 2. The van der Waals surface area contributed by atoms with Crippen LogP contribution in [-0.4, -0.2) is 22.0 Å². The van der Waals surface area contributed by atoms with Gasteiger partial charge in [0.1, 0.15) is 9.57 Å². The average molecular weight is 393 g/mol. The van der Waals surface area contributed by atoms with Crippen LogP contribution < -0.4 is 9.80 Å². The first kappa shape index (κ1) is 18.0. The normalized spacial score (nSPS) is 20.1. The predicted octanol–water partition coefficient (Wildman–Crippen LogP) is 4.94. The van der Waals surface area contributed by atoms with Gasteiger partial charge in [-0.3, -0.25) is 9.69 Å². The number of para-hydroxylation sites is 2. The van der Waals surface area contributed by atoms with Gasteiger partial charge in [0.25, 0.3) is 0 Å². The molecule has 0 radical (unpaired) electrons. The monoisotopic (exact) mass is 392 g/mol. The quantitative estimate of drug-likeness (QED) is 0.543. The highest BCUT2D eigenvalue weighted by molar-refractivity contribution is 8.25. The number of benzene rings is 2. The van der Waals surface area contributed by atoms with Crippen LogP contribution in [0.5, 0.6) is 0 Å². The molecule has 1 saturated heterocycles. The van der Waals surface area contributed by atoms with E-state index in [0.29, 0.717) is 4.32 Å². The SMILES string of the molecule is O=C1C(/C=C/C=C\N2CCCc3ccccc32)SC(=S)N1c1ccccc1. The number of fused-ring (bicyclic) bond motifs is 1. The zero-order valence-corrected chi connectivity index (χ0v) is 16.5. The number of hydrogen-bond acceptors (Lipinski definition) is 4. The van der Waals surface area contributed by atoms with Crippen molar-refractivity contribution in [2.24, 2.45) is 0 Å². The van der Waals surface area contributed by atoms with E-state index in [-0.39, 0.29) is 11.2 Å². The maximum absolute atomic E-state index is 12.7. The van der Waals surface area contributed by atoms with Crippen molar-refractivity contribution >= 4 is 45.6 Å². The molecular formula is C22H20N2OS2. The number of carbonyl (C=O) groups is 1. The Kier molecular flexibility index (Phi) is 5.41. The number of rotatable bonds is 4. The number of anilines is 2. The molecule has 5 heteroatoms. The van der Waals surface area contributed by atoms with Crippen LogP contribution in [0.2, 0.25) is 0 Å². The number of allylic oxidation sites excluding steroid dienone is 2. The van der Waals surface area contributed by atoms with Crippen molar-refractivity contribution < 1.29 is 4.79 Å². The second-order valence-electron chi connectivity index (χ2n) is 6.47. The van der Waals surface area contributed by atoms with Crippen LogP contribution >= 0.6 is 24.0 Å². The Morgan fingerprint density at radius 1 is 1.04 bits per heavy atom. The second-order valence-corrected chi connectivity index (χ2v) is 8.24. The summed E-state index contributed by atoms with van der Waals surface area (Å²) in [7, 11) is 0. The molecule has 2 aliphatic rings. The van der Waals surface area contributed by atoms with Crippen molar-refractivity contribution in [3.05, 3.63) is 84.6 Å². The van der Waals surface area contributed by atoms with Gasteiger partial charge in [-0.15, -0.1) is 0 Å². The fourth-order valence-electron chi connectivity index (χ4n) is 3.40. The summed E-state index contributed by atoms with van der Waals surface area (Å²) >= 11 is 6.83. The third-order valence-corrected chi connectivity index (χ3v) is 6.17. The average Bonchev–Trinajstić information content (AvgIpc) is 2.99. The first-order chi connectivity index (χ1) is 13.2. The van der Waals surface area contributed by atoms with E-state index in [1.807, 2.05) is 48.6 Å². The Morgan fingerprint density at radius 3 is 2.67 bits per heavy atom. The summed E-state index contributed by atoms with van der Waals surface area (Å²) in [6.07, 6.45) is 10.3. The number of thioether (sulfide) groups is 1. The molecule has 0 aromatic heterocycles. The largest absolute Gasteiger partial charge is 0.348 e. The summed E-state index contributed by atoms with van der Waals surface area (Å²) in [6.45, 7) is 1.02. The van der Waals surface area contributed by atoms with Gasteiger partial charge >= 0.3 is 0 Å². The summed E-state index contributed by atoms with van der Waals surface area (Å²) in [5.74, 6) is 0.0177. The maximum Gasteiger partial charge on any atom is 0.250 e. The van der Waals surface area contributed by atoms with E-state index in [0.717, 1.165) is 25.1 Å². The van der Waals surface area contributed by atoms with Crippen LogP contribution in [-0.2, 0) is 11.2 Å². The molecule has 0 spiro atoms. The second kappa shape index (κ2) is 8.11. The number of thiocarbonyl (C=S) groups is 1. The van der Waals surface area contributed by atoms with Gasteiger partial charge in [0.2, 0.25) is 5.91 Å². The van der Waals surface area contributed by atoms with Gasteiger partial charge in [-0.2, -0.15) is 0 Å². The molecule has 4 rings (SSSR count). The maximum atomic E-state index is 12.7. The molecule has 1 fully saturated rings. The van der Waals surface area contributed by atoms with Crippen LogP contribution in [0.3, 0.4) is 0 Å². The van der Waals surface area contributed by atoms with Gasteiger partial charge in [-0.1, -0.05) is 72.5 Å². The van der Waals surface area contributed by atoms with Crippen molar-refractivity contribution in [1.82, 2.24) is 0 Å². The van der Waals surface area contributed by atoms with Crippen molar-refractivity contribution in [2.45, 2.75) is 18.1 Å². The van der Waals surface area contributed by atoms with Crippen molar-refractivity contribution in [1.29, 1.82) is 0 Å². The summed E-state index contributed by atoms with van der Waals surface area (Å²) in [6, 6.07) is 18.1. The lowest BCUT2D eigenvalue weighted by molar-refractivity contribution is -0.116. The molecule has 0 bridgehead atoms. The highest BCUT2D eigenvalue weighted by Crippen LogP contribution is 2.32. The third kappa shape index (κ3) is 3.84. The lowest BCUT2D eigenvalue weighted by Crippen LogP contribution is -2.30. The van der Waals surface area contributed by atoms with E-state index < -0.39 is 0 Å². The standard InChI is InChI=1S/C22H20N2OS2/c25-21-20(27-22(26)24(21)18-11-2-1-3-12-18)14-6-7-15-23-16-8-10-17-9-4-5-13-19(17)23/h1-7,9,11-15,20H,8,10,16H2/b14-6+,15-7-. The molecule has 2 aromatic carbocycles. The Bertz CT molecular complexity index is 908. The van der Waals surface area contributed by atoms with Crippen molar-refractivity contribution in [3.63, 3.8) is 0 Å². The fourth-order valence-corrected chi connectivity index (χ4v) is 4.80. The highest BCUT2D eigenvalue weighted by Gasteiger charge is 2.36. The van der Waals surface area contributed by atoms with Crippen molar-refractivity contribution in [2.75, 3.05) is 16.3 Å². The van der Waals surface area contributed by atoms with Gasteiger partial charge in [0, 0.05) is 18.4 Å². The molecule has 2 aliphatic heterocycles. The highest BCUT2D eigenvalue weighted by atomic mass is 32.2. The Labute approximate surface area is 169 Å². The molecule has 0 N–H and O–H groups in total. The first-order valence-electron chi connectivity index (χ1n) is 9.03. The van der Waals surface area contributed by atoms with Crippen LogP contribution in [0.15, 0.2) is 79.0 Å². The minimum Gasteiger partial charge on any atom is -0.348 e. The molecule has 2 aromatic rings. The van der Waals surface area contributed by atoms with Gasteiger partial charge in [-0.05, 0) is 42.7 Å². The molecule has 0 saturated carbocycles. The smallest absolute Gasteiger partial charge is 0.250 e. The summed E-state index contributed by atoms with van der Waals surface area (Å²) in [4.78, 5) is 16.6. The number of aryl methyl sites for hydroxylation is 1.